The number of piperidine rings is 1. The topological polar surface area (TPSA) is 45.7 Å². The van der Waals surface area contributed by atoms with E-state index in [1.165, 1.54) is 0 Å². The van der Waals surface area contributed by atoms with Crippen molar-refractivity contribution in [1.29, 1.82) is 0 Å². The van der Waals surface area contributed by atoms with Gasteiger partial charge in [-0.1, -0.05) is 18.2 Å². The van der Waals surface area contributed by atoms with Crippen LogP contribution in [0.3, 0.4) is 0 Å². The molecule has 2 fully saturated rings. The minimum absolute atomic E-state index is 0.0530. The molecule has 0 unspecified atom stereocenters. The average molecular weight is 357 g/mol. The Kier molecular flexibility index (Phi) is 4.58. The van der Waals surface area contributed by atoms with Gasteiger partial charge in [-0.05, 0) is 31.9 Å². The largest absolute Gasteiger partial charge is 0.363 e. The average Bonchev–Trinajstić information content (AvgIpc) is 3.05. The molecule has 0 aliphatic carbocycles. The first-order chi connectivity index (χ1) is 12.1. The molecular weight excluding hydrogens is 334 g/mol. The van der Waals surface area contributed by atoms with E-state index in [1.54, 1.807) is 11.3 Å². The number of likely N-dealkylation sites (tertiary alicyclic amines) is 1. The van der Waals surface area contributed by atoms with Crippen LogP contribution in [0.2, 0.25) is 0 Å². The number of benzene rings is 1. The van der Waals surface area contributed by atoms with E-state index >= 15 is 0 Å². The Balaban J connectivity index is 1.41. The van der Waals surface area contributed by atoms with Crippen LogP contribution in [0.15, 0.2) is 35.7 Å². The molecule has 1 spiro atoms. The van der Waals surface area contributed by atoms with Gasteiger partial charge in [0.05, 0.1) is 22.8 Å². The van der Waals surface area contributed by atoms with Gasteiger partial charge in [0, 0.05) is 30.7 Å². The molecule has 0 N–H and O–H groups in total. The number of aromatic nitrogens is 1. The van der Waals surface area contributed by atoms with E-state index in [-0.39, 0.29) is 18.1 Å². The zero-order valence-corrected chi connectivity index (χ0v) is 15.3. The van der Waals surface area contributed by atoms with Gasteiger partial charge in [-0.15, -0.1) is 11.3 Å². The zero-order valence-electron chi connectivity index (χ0n) is 14.5. The minimum Gasteiger partial charge on any atom is -0.363 e. The number of morpholine rings is 1. The van der Waals surface area contributed by atoms with Gasteiger partial charge in [0.25, 0.3) is 5.91 Å². The summed E-state index contributed by atoms with van der Waals surface area (Å²) in [7, 11) is 0. The molecule has 2 saturated heterocycles. The summed E-state index contributed by atoms with van der Waals surface area (Å²) < 4.78 is 6.04. The second kappa shape index (κ2) is 6.86. The number of para-hydroxylation sites is 1. The van der Waals surface area contributed by atoms with Gasteiger partial charge in [0.2, 0.25) is 0 Å². The van der Waals surface area contributed by atoms with Crippen LogP contribution >= 0.6 is 11.3 Å². The second-order valence-electron chi connectivity index (χ2n) is 6.92. The molecule has 25 heavy (non-hydrogen) atoms. The summed E-state index contributed by atoms with van der Waals surface area (Å²) >= 11 is 1.71. The summed E-state index contributed by atoms with van der Waals surface area (Å²) in [5.74, 6) is 0.0530. The van der Waals surface area contributed by atoms with Crippen LogP contribution in [0.5, 0.6) is 0 Å². The summed E-state index contributed by atoms with van der Waals surface area (Å²) in [4.78, 5) is 21.2. The van der Waals surface area contributed by atoms with Crippen LogP contribution in [0, 0.1) is 6.92 Å². The zero-order chi connectivity index (χ0) is 17.3. The summed E-state index contributed by atoms with van der Waals surface area (Å²) in [6.45, 7) is 5.74. The molecule has 2 aliphatic heterocycles. The van der Waals surface area contributed by atoms with Crippen molar-refractivity contribution in [2.24, 2.45) is 0 Å². The molecule has 4 rings (SSSR count). The van der Waals surface area contributed by atoms with Gasteiger partial charge in [-0.25, -0.2) is 4.98 Å². The standard InChI is InChI=1S/C19H23N3O2S/c1-15-20-16(13-25-15)11-21-9-7-19(8-10-21)14-22(18(23)12-24-19)17-5-3-2-4-6-17/h2-6,13H,7-12,14H2,1H3. The van der Waals surface area contributed by atoms with Gasteiger partial charge in [-0.3, -0.25) is 9.69 Å². The number of carbonyl (C=O) groups excluding carboxylic acids is 1. The van der Waals surface area contributed by atoms with E-state index in [9.17, 15) is 4.79 Å². The third-order valence-electron chi connectivity index (χ3n) is 5.14. The maximum Gasteiger partial charge on any atom is 0.253 e. The lowest BCUT2D eigenvalue weighted by atomic mass is 9.89. The second-order valence-corrected chi connectivity index (χ2v) is 7.98. The number of thiazole rings is 1. The summed E-state index contributed by atoms with van der Waals surface area (Å²) in [6.07, 6.45) is 1.90. The molecule has 0 radical (unpaired) electrons. The summed E-state index contributed by atoms with van der Waals surface area (Å²) in [6, 6.07) is 9.92. The van der Waals surface area contributed by atoms with Gasteiger partial charge in [0.1, 0.15) is 6.61 Å². The van der Waals surface area contributed by atoms with E-state index in [0.29, 0.717) is 6.54 Å². The van der Waals surface area contributed by atoms with Crippen molar-refractivity contribution in [2.75, 3.05) is 31.1 Å². The molecular formula is C19H23N3O2S. The van der Waals surface area contributed by atoms with Crippen LogP contribution in [-0.2, 0) is 16.1 Å². The Morgan fingerprint density at radius 1 is 1.24 bits per heavy atom. The number of rotatable bonds is 3. The third-order valence-corrected chi connectivity index (χ3v) is 5.96. The molecule has 0 saturated carbocycles. The number of amides is 1. The molecule has 2 aliphatic rings. The quantitative estimate of drug-likeness (QED) is 0.847. The van der Waals surface area contributed by atoms with E-state index in [2.05, 4.69) is 15.3 Å². The SMILES string of the molecule is Cc1nc(CN2CCC3(CC2)CN(c2ccccc2)C(=O)CO3)cs1. The Hall–Kier alpha value is -1.76. The maximum absolute atomic E-state index is 12.3. The number of aryl methyl sites for hydroxylation is 1. The highest BCUT2D eigenvalue weighted by molar-refractivity contribution is 7.09. The Labute approximate surface area is 152 Å². The Bertz CT molecular complexity index is 738. The number of anilines is 1. The van der Waals surface area contributed by atoms with Crippen LogP contribution in [0.1, 0.15) is 23.5 Å². The number of hydrogen-bond donors (Lipinski definition) is 0. The van der Waals surface area contributed by atoms with Crippen molar-refractivity contribution < 1.29 is 9.53 Å². The lowest BCUT2D eigenvalue weighted by Crippen LogP contribution is -2.58. The number of nitrogens with zero attached hydrogens (tertiary/aromatic N) is 3. The molecule has 2 aromatic rings. The molecule has 5 nitrogen and oxygen atoms in total. The first-order valence-electron chi connectivity index (χ1n) is 8.76. The Morgan fingerprint density at radius 2 is 2.00 bits per heavy atom. The first-order valence-corrected chi connectivity index (χ1v) is 9.64. The molecule has 132 valence electrons. The van der Waals surface area contributed by atoms with E-state index in [4.69, 9.17) is 4.74 Å². The van der Waals surface area contributed by atoms with Crippen molar-refractivity contribution in [3.63, 3.8) is 0 Å². The van der Waals surface area contributed by atoms with Gasteiger partial charge >= 0.3 is 0 Å². The highest BCUT2D eigenvalue weighted by Gasteiger charge is 2.42. The normalized spacial score (nSPS) is 21.0. The van der Waals surface area contributed by atoms with Crippen molar-refractivity contribution >= 4 is 22.9 Å². The predicted octanol–water partition coefficient (Wildman–Crippen LogP) is 2.85. The fraction of sp³-hybridized carbons (Fsp3) is 0.474. The van der Waals surface area contributed by atoms with Crippen LogP contribution in [0.25, 0.3) is 0 Å². The van der Waals surface area contributed by atoms with Crippen LogP contribution in [0.4, 0.5) is 5.69 Å². The maximum atomic E-state index is 12.3. The van der Waals surface area contributed by atoms with Gasteiger partial charge < -0.3 is 9.64 Å². The first kappa shape index (κ1) is 16.7. The molecule has 3 heterocycles. The molecule has 1 amide bonds. The fourth-order valence-corrected chi connectivity index (χ4v) is 4.29. The van der Waals surface area contributed by atoms with Crippen molar-refractivity contribution in [2.45, 2.75) is 31.9 Å². The highest BCUT2D eigenvalue weighted by atomic mass is 32.1. The monoisotopic (exact) mass is 357 g/mol. The van der Waals surface area contributed by atoms with Crippen molar-refractivity contribution in [3.8, 4) is 0 Å². The van der Waals surface area contributed by atoms with Crippen molar-refractivity contribution in [1.82, 2.24) is 9.88 Å². The lowest BCUT2D eigenvalue weighted by Gasteiger charge is -2.46. The lowest BCUT2D eigenvalue weighted by molar-refractivity contribution is -0.145. The van der Waals surface area contributed by atoms with Gasteiger partial charge in [0.15, 0.2) is 0 Å². The molecule has 1 aromatic heterocycles. The summed E-state index contributed by atoms with van der Waals surface area (Å²) in [5.41, 5.74) is 1.91. The number of ether oxygens (including phenoxy) is 1. The number of hydrogen-bond acceptors (Lipinski definition) is 5. The molecule has 6 heteroatoms. The van der Waals surface area contributed by atoms with E-state index in [1.807, 2.05) is 42.2 Å². The number of carbonyl (C=O) groups is 1. The van der Waals surface area contributed by atoms with Gasteiger partial charge in [-0.2, -0.15) is 0 Å². The molecule has 0 bridgehead atoms. The fourth-order valence-electron chi connectivity index (χ4n) is 3.69. The summed E-state index contributed by atoms with van der Waals surface area (Å²) in [5, 5.41) is 3.27. The smallest absolute Gasteiger partial charge is 0.253 e. The minimum atomic E-state index is -0.210. The van der Waals surface area contributed by atoms with Crippen molar-refractivity contribution in [3.05, 3.63) is 46.4 Å². The highest BCUT2D eigenvalue weighted by Crippen LogP contribution is 2.33. The molecule has 1 aromatic carbocycles. The molecule has 0 atom stereocenters. The Morgan fingerprint density at radius 3 is 2.68 bits per heavy atom. The van der Waals surface area contributed by atoms with E-state index in [0.717, 1.165) is 48.9 Å². The van der Waals surface area contributed by atoms with Crippen LogP contribution < -0.4 is 4.90 Å². The van der Waals surface area contributed by atoms with Crippen LogP contribution in [-0.4, -0.2) is 47.6 Å². The third kappa shape index (κ3) is 3.61. The van der Waals surface area contributed by atoms with E-state index < -0.39 is 0 Å². The predicted molar refractivity (Wildman–Crippen MR) is 98.8 cm³/mol.